The van der Waals surface area contributed by atoms with Crippen LogP contribution in [0.25, 0.3) is 0 Å². The highest BCUT2D eigenvalue weighted by molar-refractivity contribution is 5.94. The fourth-order valence-electron chi connectivity index (χ4n) is 3.00. The Balaban J connectivity index is 1.80. The number of carbonyl (C=O) groups is 1. The molecule has 2 N–H and O–H groups in total. The van der Waals surface area contributed by atoms with Gasteiger partial charge in [-0.25, -0.2) is 9.99 Å². The second-order valence-electron chi connectivity index (χ2n) is 7.24. The van der Waals surface area contributed by atoms with Crippen LogP contribution >= 0.6 is 0 Å². The number of ether oxygens (including phenoxy) is 1. The maximum Gasteiger partial charge on any atom is 0.231 e. The summed E-state index contributed by atoms with van der Waals surface area (Å²) in [5, 5.41) is 5.19. The zero-order valence-corrected chi connectivity index (χ0v) is 14.9. The Bertz CT molecular complexity index is 609. The molecule has 0 radical (unpaired) electrons. The molecule has 0 aromatic carbocycles. The van der Waals surface area contributed by atoms with Crippen molar-refractivity contribution >= 4 is 17.4 Å². The lowest BCUT2D eigenvalue weighted by Crippen LogP contribution is -2.40. The molecule has 0 unspecified atom stereocenters. The van der Waals surface area contributed by atoms with Crippen molar-refractivity contribution in [3.8, 4) is 0 Å². The largest absolute Gasteiger partial charge is 0.379 e. The molecule has 6 nitrogen and oxygen atoms in total. The van der Waals surface area contributed by atoms with Crippen molar-refractivity contribution in [2.75, 3.05) is 37.0 Å². The van der Waals surface area contributed by atoms with E-state index in [-0.39, 0.29) is 5.91 Å². The van der Waals surface area contributed by atoms with E-state index >= 15 is 0 Å². The normalized spacial score (nSPS) is 18.3. The summed E-state index contributed by atoms with van der Waals surface area (Å²) in [5.74, 6) is 0.672. The number of hydrogen-bond acceptors (Lipinski definition) is 5. The van der Waals surface area contributed by atoms with Gasteiger partial charge in [0.2, 0.25) is 5.91 Å². The third-order valence-electron chi connectivity index (χ3n) is 5.08. The Morgan fingerprint density at radius 3 is 2.79 bits per heavy atom. The number of rotatable bonds is 5. The fraction of sp³-hybridized carbons (Fsp3) is 0.667. The summed E-state index contributed by atoms with van der Waals surface area (Å²) in [6.07, 6.45) is 3.94. The van der Waals surface area contributed by atoms with Gasteiger partial charge in [0, 0.05) is 30.3 Å². The number of aromatic nitrogens is 1. The highest BCUT2D eigenvalue weighted by atomic mass is 16.5. The SMILES string of the molecule is CCC(C)(C)C(=O)Nc1cc(NN2CCOCC2)c2c(n1)CCC2. The van der Waals surface area contributed by atoms with E-state index in [0.717, 1.165) is 63.4 Å². The molecule has 0 atom stereocenters. The van der Waals surface area contributed by atoms with E-state index in [4.69, 9.17) is 4.74 Å². The summed E-state index contributed by atoms with van der Waals surface area (Å²) < 4.78 is 5.41. The molecule has 132 valence electrons. The Labute approximate surface area is 143 Å². The Morgan fingerprint density at radius 1 is 1.33 bits per heavy atom. The number of fused-ring (bicyclic) bond motifs is 1. The van der Waals surface area contributed by atoms with E-state index in [1.54, 1.807) is 0 Å². The van der Waals surface area contributed by atoms with Gasteiger partial charge in [-0.15, -0.1) is 0 Å². The zero-order chi connectivity index (χ0) is 17.2. The van der Waals surface area contributed by atoms with E-state index in [1.165, 1.54) is 5.56 Å². The molecule has 1 fully saturated rings. The van der Waals surface area contributed by atoms with Gasteiger partial charge < -0.3 is 15.5 Å². The number of nitrogens with zero attached hydrogens (tertiary/aromatic N) is 2. The summed E-state index contributed by atoms with van der Waals surface area (Å²) in [6.45, 7) is 9.17. The first-order valence-corrected chi connectivity index (χ1v) is 8.93. The topological polar surface area (TPSA) is 66.5 Å². The highest BCUT2D eigenvalue weighted by Crippen LogP contribution is 2.31. The van der Waals surface area contributed by atoms with Gasteiger partial charge in [0.25, 0.3) is 0 Å². The first-order valence-electron chi connectivity index (χ1n) is 8.93. The molecule has 1 saturated heterocycles. The van der Waals surface area contributed by atoms with Crippen LogP contribution in [0.3, 0.4) is 0 Å². The van der Waals surface area contributed by atoms with Crippen LogP contribution in [0, 0.1) is 5.41 Å². The molecule has 0 bridgehead atoms. The summed E-state index contributed by atoms with van der Waals surface area (Å²) in [7, 11) is 0. The molecule has 24 heavy (non-hydrogen) atoms. The molecule has 1 aliphatic carbocycles. The number of carbonyl (C=O) groups excluding carboxylic acids is 1. The molecule has 1 aliphatic heterocycles. The van der Waals surface area contributed by atoms with Crippen molar-refractivity contribution in [2.24, 2.45) is 5.41 Å². The summed E-state index contributed by atoms with van der Waals surface area (Å²) in [4.78, 5) is 17.1. The van der Waals surface area contributed by atoms with Crippen molar-refractivity contribution in [3.05, 3.63) is 17.3 Å². The van der Waals surface area contributed by atoms with Crippen molar-refractivity contribution < 1.29 is 9.53 Å². The van der Waals surface area contributed by atoms with E-state index in [2.05, 4.69) is 20.7 Å². The van der Waals surface area contributed by atoms with Gasteiger partial charge in [0.1, 0.15) is 5.82 Å². The van der Waals surface area contributed by atoms with E-state index in [9.17, 15) is 4.79 Å². The molecule has 3 rings (SSSR count). The zero-order valence-electron chi connectivity index (χ0n) is 14.9. The molecule has 0 spiro atoms. The molecule has 1 aromatic rings. The molecule has 2 heterocycles. The summed E-state index contributed by atoms with van der Waals surface area (Å²) in [5.41, 5.74) is 6.59. The quantitative estimate of drug-likeness (QED) is 0.867. The minimum Gasteiger partial charge on any atom is -0.379 e. The molecular formula is C18H28N4O2. The number of aryl methyl sites for hydroxylation is 1. The number of anilines is 2. The van der Waals surface area contributed by atoms with Crippen LogP contribution < -0.4 is 10.7 Å². The minimum atomic E-state index is -0.390. The van der Waals surface area contributed by atoms with Crippen LogP contribution in [0.2, 0.25) is 0 Å². The average Bonchev–Trinajstić information content (AvgIpc) is 3.04. The van der Waals surface area contributed by atoms with Gasteiger partial charge in [0.05, 0.1) is 18.9 Å². The number of hydrogen-bond donors (Lipinski definition) is 2. The van der Waals surface area contributed by atoms with Crippen molar-refractivity contribution in [2.45, 2.75) is 46.5 Å². The first kappa shape index (κ1) is 17.2. The fourth-order valence-corrected chi connectivity index (χ4v) is 3.00. The van der Waals surface area contributed by atoms with Gasteiger partial charge in [0.15, 0.2) is 0 Å². The van der Waals surface area contributed by atoms with E-state index in [0.29, 0.717) is 5.82 Å². The minimum absolute atomic E-state index is 0.0211. The van der Waals surface area contributed by atoms with Gasteiger partial charge in [-0.1, -0.05) is 20.8 Å². The molecule has 0 saturated carbocycles. The number of morpholine rings is 1. The van der Waals surface area contributed by atoms with Gasteiger partial charge in [-0.05, 0) is 31.2 Å². The second-order valence-corrected chi connectivity index (χ2v) is 7.24. The predicted molar refractivity (Wildman–Crippen MR) is 95.0 cm³/mol. The number of pyridine rings is 1. The van der Waals surface area contributed by atoms with E-state index < -0.39 is 5.41 Å². The molecule has 1 aromatic heterocycles. The molecule has 1 amide bonds. The monoisotopic (exact) mass is 332 g/mol. The smallest absolute Gasteiger partial charge is 0.231 e. The van der Waals surface area contributed by atoms with Crippen molar-refractivity contribution in [3.63, 3.8) is 0 Å². The third kappa shape index (κ3) is 3.70. The van der Waals surface area contributed by atoms with Crippen LogP contribution in [-0.4, -0.2) is 42.2 Å². The Morgan fingerprint density at radius 2 is 2.08 bits per heavy atom. The van der Waals surface area contributed by atoms with Crippen LogP contribution in [0.4, 0.5) is 11.5 Å². The third-order valence-corrected chi connectivity index (χ3v) is 5.08. The maximum absolute atomic E-state index is 12.5. The van der Waals surface area contributed by atoms with Crippen LogP contribution in [-0.2, 0) is 22.4 Å². The van der Waals surface area contributed by atoms with E-state index in [1.807, 2.05) is 26.8 Å². The van der Waals surface area contributed by atoms with Crippen LogP contribution in [0.1, 0.15) is 44.9 Å². The molecular weight excluding hydrogens is 304 g/mol. The Kier molecular flexibility index (Phi) is 5.06. The van der Waals surface area contributed by atoms with Crippen LogP contribution in [0.5, 0.6) is 0 Å². The summed E-state index contributed by atoms with van der Waals surface area (Å²) >= 11 is 0. The second kappa shape index (κ2) is 7.07. The lowest BCUT2D eigenvalue weighted by atomic mass is 9.89. The number of hydrazine groups is 1. The van der Waals surface area contributed by atoms with Crippen LogP contribution in [0.15, 0.2) is 6.07 Å². The molecule has 6 heteroatoms. The van der Waals surface area contributed by atoms with Crippen molar-refractivity contribution in [1.82, 2.24) is 9.99 Å². The maximum atomic E-state index is 12.5. The predicted octanol–water partition coefficient (Wildman–Crippen LogP) is 2.60. The standard InChI is InChI=1S/C18H28N4O2/c1-4-18(2,3)17(23)20-16-12-15(13-6-5-7-14(13)19-16)21-22-8-10-24-11-9-22/h12H,4-11H2,1-3H3,(H2,19,20,21,23). The molecule has 2 aliphatic rings. The van der Waals surface area contributed by atoms with Gasteiger partial charge >= 0.3 is 0 Å². The lowest BCUT2D eigenvalue weighted by Gasteiger charge is -2.29. The van der Waals surface area contributed by atoms with Gasteiger partial charge in [-0.3, -0.25) is 4.79 Å². The van der Waals surface area contributed by atoms with Gasteiger partial charge in [-0.2, -0.15) is 0 Å². The first-order chi connectivity index (χ1) is 11.5. The Hall–Kier alpha value is -1.66. The summed E-state index contributed by atoms with van der Waals surface area (Å²) in [6, 6.07) is 1.98. The average molecular weight is 332 g/mol. The lowest BCUT2D eigenvalue weighted by molar-refractivity contribution is -0.124. The van der Waals surface area contributed by atoms with Crippen molar-refractivity contribution in [1.29, 1.82) is 0 Å². The number of nitrogens with one attached hydrogen (secondary N) is 2. The highest BCUT2D eigenvalue weighted by Gasteiger charge is 2.27. The number of amides is 1.